The molecule has 0 aromatic heterocycles. The zero-order valence-corrected chi connectivity index (χ0v) is 18.3. The van der Waals surface area contributed by atoms with Crippen LogP contribution in [0.4, 0.5) is 5.69 Å². The van der Waals surface area contributed by atoms with Crippen LogP contribution in [0.15, 0.2) is 102 Å². The third kappa shape index (κ3) is 4.62. The van der Waals surface area contributed by atoms with Gasteiger partial charge in [-0.2, -0.15) is 0 Å². The highest BCUT2D eigenvalue weighted by molar-refractivity contribution is 9.10. The number of aliphatic carboxylic acids is 1. The maximum Gasteiger partial charge on any atom is 0.308 e. The van der Waals surface area contributed by atoms with E-state index in [2.05, 4.69) is 21.2 Å². The second kappa shape index (κ2) is 9.31. The summed E-state index contributed by atoms with van der Waals surface area (Å²) in [6.07, 6.45) is 3.92. The number of hydrogen-bond acceptors (Lipinski definition) is 2. The number of carbonyl (C=O) groups excluding carboxylic acids is 1. The highest BCUT2D eigenvalue weighted by atomic mass is 79.9. The SMILES string of the molecule is O=C(O)C1C(c2ccccc2)C=CC(c2ccccc2)C1C(=O)Nc1ccc(Br)cc1. The fourth-order valence-corrected chi connectivity index (χ4v) is 4.57. The molecule has 0 bridgehead atoms. The lowest BCUT2D eigenvalue weighted by Crippen LogP contribution is -2.42. The van der Waals surface area contributed by atoms with Crippen molar-refractivity contribution in [1.29, 1.82) is 0 Å². The van der Waals surface area contributed by atoms with Gasteiger partial charge in [0.25, 0.3) is 0 Å². The average Bonchev–Trinajstić information content (AvgIpc) is 2.80. The summed E-state index contributed by atoms with van der Waals surface area (Å²) < 4.78 is 0.904. The fourth-order valence-electron chi connectivity index (χ4n) is 4.31. The van der Waals surface area contributed by atoms with Gasteiger partial charge in [0, 0.05) is 22.0 Å². The molecule has 2 N–H and O–H groups in total. The molecule has 3 aromatic carbocycles. The van der Waals surface area contributed by atoms with Crippen molar-refractivity contribution in [2.75, 3.05) is 5.32 Å². The Hall–Kier alpha value is -3.18. The van der Waals surface area contributed by atoms with Gasteiger partial charge in [-0.3, -0.25) is 9.59 Å². The molecule has 0 saturated carbocycles. The molecular formula is C26H22BrNO3. The van der Waals surface area contributed by atoms with Gasteiger partial charge >= 0.3 is 5.97 Å². The van der Waals surface area contributed by atoms with Crippen LogP contribution in [0.2, 0.25) is 0 Å². The smallest absolute Gasteiger partial charge is 0.308 e. The largest absolute Gasteiger partial charge is 0.481 e. The van der Waals surface area contributed by atoms with Crippen molar-refractivity contribution in [1.82, 2.24) is 0 Å². The van der Waals surface area contributed by atoms with E-state index >= 15 is 0 Å². The lowest BCUT2D eigenvalue weighted by Gasteiger charge is -2.37. The Morgan fingerprint density at radius 1 is 0.710 bits per heavy atom. The molecule has 0 fully saturated rings. The zero-order valence-electron chi connectivity index (χ0n) is 16.7. The van der Waals surface area contributed by atoms with E-state index in [9.17, 15) is 14.7 Å². The molecule has 4 rings (SSSR count). The number of allylic oxidation sites excluding steroid dienone is 2. The minimum atomic E-state index is -0.977. The Kier molecular flexibility index (Phi) is 6.33. The van der Waals surface area contributed by atoms with Crippen LogP contribution in [0.1, 0.15) is 23.0 Å². The van der Waals surface area contributed by atoms with E-state index in [0.717, 1.165) is 15.6 Å². The second-order valence-corrected chi connectivity index (χ2v) is 8.56. The normalized spacial score (nSPS) is 22.6. The van der Waals surface area contributed by atoms with Crippen LogP contribution in [-0.2, 0) is 9.59 Å². The van der Waals surface area contributed by atoms with E-state index in [-0.39, 0.29) is 17.7 Å². The number of nitrogens with one attached hydrogen (secondary N) is 1. The number of amides is 1. The predicted molar refractivity (Wildman–Crippen MR) is 125 cm³/mol. The molecule has 156 valence electrons. The van der Waals surface area contributed by atoms with Crippen molar-refractivity contribution in [2.45, 2.75) is 11.8 Å². The van der Waals surface area contributed by atoms with Crippen molar-refractivity contribution >= 4 is 33.5 Å². The van der Waals surface area contributed by atoms with Crippen LogP contribution >= 0.6 is 15.9 Å². The number of benzene rings is 3. The van der Waals surface area contributed by atoms with Gasteiger partial charge in [0.15, 0.2) is 0 Å². The number of carbonyl (C=O) groups is 2. The van der Waals surface area contributed by atoms with Crippen LogP contribution in [0.25, 0.3) is 0 Å². The number of rotatable bonds is 5. The second-order valence-electron chi connectivity index (χ2n) is 7.64. The molecule has 4 unspecified atom stereocenters. The van der Waals surface area contributed by atoms with Gasteiger partial charge in [-0.05, 0) is 35.4 Å². The van der Waals surface area contributed by atoms with Crippen molar-refractivity contribution in [3.63, 3.8) is 0 Å². The molecular weight excluding hydrogens is 454 g/mol. The first-order valence-electron chi connectivity index (χ1n) is 10.1. The number of halogens is 1. The Morgan fingerprint density at radius 2 is 1.19 bits per heavy atom. The van der Waals surface area contributed by atoms with E-state index in [1.54, 1.807) is 12.1 Å². The Morgan fingerprint density at radius 3 is 1.68 bits per heavy atom. The van der Waals surface area contributed by atoms with Gasteiger partial charge in [-0.1, -0.05) is 88.7 Å². The highest BCUT2D eigenvalue weighted by Crippen LogP contribution is 2.45. The monoisotopic (exact) mass is 475 g/mol. The van der Waals surface area contributed by atoms with Crippen molar-refractivity contribution < 1.29 is 14.7 Å². The predicted octanol–water partition coefficient (Wildman–Crippen LogP) is 5.84. The van der Waals surface area contributed by atoms with E-state index in [0.29, 0.717) is 5.69 Å². The molecule has 5 heteroatoms. The molecule has 1 aliphatic rings. The summed E-state index contributed by atoms with van der Waals surface area (Å²) in [4.78, 5) is 26.0. The van der Waals surface area contributed by atoms with Crippen LogP contribution in [0.5, 0.6) is 0 Å². The third-order valence-corrected chi connectivity index (χ3v) is 6.28. The van der Waals surface area contributed by atoms with Crippen LogP contribution < -0.4 is 5.32 Å². The Labute approximate surface area is 189 Å². The quantitative estimate of drug-likeness (QED) is 0.455. The van der Waals surface area contributed by atoms with Crippen LogP contribution in [0.3, 0.4) is 0 Å². The van der Waals surface area contributed by atoms with E-state index < -0.39 is 17.8 Å². The topological polar surface area (TPSA) is 66.4 Å². The molecule has 4 nitrogen and oxygen atoms in total. The van der Waals surface area contributed by atoms with Gasteiger partial charge in [0.05, 0.1) is 11.8 Å². The number of carboxylic acids is 1. The molecule has 3 aromatic rings. The van der Waals surface area contributed by atoms with E-state index in [1.165, 1.54) is 0 Å². The molecule has 0 aliphatic heterocycles. The lowest BCUT2D eigenvalue weighted by molar-refractivity contribution is -0.147. The van der Waals surface area contributed by atoms with E-state index in [4.69, 9.17) is 0 Å². The summed E-state index contributed by atoms with van der Waals surface area (Å²) in [5, 5.41) is 13.2. The van der Waals surface area contributed by atoms with Crippen molar-refractivity contribution in [2.24, 2.45) is 11.8 Å². The summed E-state index contributed by atoms with van der Waals surface area (Å²) >= 11 is 3.39. The maximum atomic E-state index is 13.5. The van der Waals surface area contributed by atoms with Gasteiger partial charge in [0.2, 0.25) is 5.91 Å². The average molecular weight is 476 g/mol. The van der Waals surface area contributed by atoms with E-state index in [1.807, 2.05) is 84.9 Å². The first kappa shape index (κ1) is 21.1. The molecule has 0 spiro atoms. The van der Waals surface area contributed by atoms with Crippen LogP contribution in [-0.4, -0.2) is 17.0 Å². The van der Waals surface area contributed by atoms with Gasteiger partial charge in [-0.15, -0.1) is 0 Å². The standard InChI is InChI=1S/C26H22BrNO3/c27-19-11-13-20(14-12-19)28-25(29)23-21(17-7-3-1-4-8-17)15-16-22(24(23)26(30)31)18-9-5-2-6-10-18/h1-16,21-24H,(H,28,29)(H,30,31). The lowest BCUT2D eigenvalue weighted by atomic mass is 9.66. The Bertz CT molecular complexity index is 1080. The summed E-state index contributed by atoms with van der Waals surface area (Å²) in [6.45, 7) is 0. The van der Waals surface area contributed by atoms with Crippen molar-refractivity contribution in [3.8, 4) is 0 Å². The highest BCUT2D eigenvalue weighted by Gasteiger charge is 2.46. The summed E-state index contributed by atoms with van der Waals surface area (Å²) in [5.41, 5.74) is 2.45. The minimum Gasteiger partial charge on any atom is -0.481 e. The molecule has 4 atom stereocenters. The zero-order chi connectivity index (χ0) is 21.8. The Balaban J connectivity index is 1.76. The number of hydrogen-bond donors (Lipinski definition) is 2. The fraction of sp³-hybridized carbons (Fsp3) is 0.154. The molecule has 31 heavy (non-hydrogen) atoms. The van der Waals surface area contributed by atoms with Gasteiger partial charge in [0.1, 0.15) is 0 Å². The number of anilines is 1. The summed E-state index contributed by atoms with van der Waals surface area (Å²) in [7, 11) is 0. The first-order valence-corrected chi connectivity index (χ1v) is 10.9. The van der Waals surface area contributed by atoms with Gasteiger partial charge in [-0.25, -0.2) is 0 Å². The van der Waals surface area contributed by atoms with Crippen molar-refractivity contribution in [3.05, 3.63) is 113 Å². The molecule has 0 saturated heterocycles. The summed E-state index contributed by atoms with van der Waals surface area (Å²) in [6, 6.07) is 26.4. The first-order chi connectivity index (χ1) is 15.0. The molecule has 0 heterocycles. The summed E-state index contributed by atoms with van der Waals surface area (Å²) in [5.74, 6) is -3.66. The molecule has 1 aliphatic carbocycles. The molecule has 0 radical (unpaired) electrons. The third-order valence-electron chi connectivity index (χ3n) is 5.76. The van der Waals surface area contributed by atoms with Crippen LogP contribution in [0, 0.1) is 11.8 Å². The minimum absolute atomic E-state index is 0.297. The number of carboxylic acid groups (broad SMARTS) is 1. The molecule has 1 amide bonds. The maximum absolute atomic E-state index is 13.5. The van der Waals surface area contributed by atoms with Gasteiger partial charge < -0.3 is 10.4 Å².